The Hall–Kier alpha value is -2.29. The van der Waals surface area contributed by atoms with E-state index in [1.807, 2.05) is 29.2 Å². The molecule has 0 spiro atoms. The largest absolute Gasteiger partial charge is 0.383 e. The van der Waals surface area contributed by atoms with Gasteiger partial charge in [0.2, 0.25) is 5.91 Å². The number of carbonyl (C=O) groups excluding carboxylic acids is 1. The number of hydrogen-bond donors (Lipinski definition) is 1. The summed E-state index contributed by atoms with van der Waals surface area (Å²) in [6.07, 6.45) is 3.77. The molecule has 1 aliphatic rings. The topological polar surface area (TPSA) is 32.3 Å². The monoisotopic (exact) mass is 294 g/mol. The van der Waals surface area contributed by atoms with Gasteiger partial charge < -0.3 is 10.2 Å². The summed E-state index contributed by atoms with van der Waals surface area (Å²) in [7, 11) is 0. The van der Waals surface area contributed by atoms with Crippen LogP contribution in [-0.4, -0.2) is 19.0 Å². The Labute approximate surface area is 132 Å². The summed E-state index contributed by atoms with van der Waals surface area (Å²) in [6, 6.07) is 18.6. The van der Waals surface area contributed by atoms with Gasteiger partial charge in [-0.2, -0.15) is 0 Å². The lowest BCUT2D eigenvalue weighted by Gasteiger charge is -2.20. The molecule has 0 unspecified atom stereocenters. The number of anilines is 2. The minimum atomic E-state index is 0.235. The lowest BCUT2D eigenvalue weighted by atomic mass is 10.1. The van der Waals surface area contributed by atoms with Crippen LogP contribution in [-0.2, 0) is 11.2 Å². The third-order valence-electron chi connectivity index (χ3n) is 4.07. The molecular weight excluding hydrogens is 272 g/mol. The number of rotatable bonds is 6. The third kappa shape index (κ3) is 3.48. The fourth-order valence-corrected chi connectivity index (χ4v) is 2.92. The number of nitrogens with one attached hydrogen (secondary N) is 1. The molecular formula is C19H22N2O. The minimum Gasteiger partial charge on any atom is -0.383 e. The second kappa shape index (κ2) is 7.12. The van der Waals surface area contributed by atoms with Gasteiger partial charge >= 0.3 is 0 Å². The van der Waals surface area contributed by atoms with E-state index in [0.29, 0.717) is 6.42 Å². The lowest BCUT2D eigenvalue weighted by molar-refractivity contribution is -0.117. The van der Waals surface area contributed by atoms with Crippen molar-refractivity contribution < 1.29 is 4.79 Å². The summed E-state index contributed by atoms with van der Waals surface area (Å²) in [4.78, 5) is 13.8. The zero-order chi connectivity index (χ0) is 15.2. The van der Waals surface area contributed by atoms with E-state index in [1.165, 1.54) is 5.56 Å². The molecule has 2 aromatic carbocycles. The van der Waals surface area contributed by atoms with Gasteiger partial charge in [-0.15, -0.1) is 0 Å². The number of benzene rings is 2. The fraction of sp³-hybridized carbons (Fsp3) is 0.316. The predicted molar refractivity (Wildman–Crippen MR) is 91.3 cm³/mol. The Balaban J connectivity index is 1.57. The molecule has 1 saturated heterocycles. The van der Waals surface area contributed by atoms with Gasteiger partial charge in [0.1, 0.15) is 0 Å². The van der Waals surface area contributed by atoms with Crippen molar-refractivity contribution in [3.8, 4) is 0 Å². The van der Waals surface area contributed by atoms with E-state index in [4.69, 9.17) is 0 Å². The fourth-order valence-electron chi connectivity index (χ4n) is 2.92. The van der Waals surface area contributed by atoms with Gasteiger partial charge in [-0.05, 0) is 37.0 Å². The number of para-hydroxylation sites is 2. The van der Waals surface area contributed by atoms with Gasteiger partial charge in [0.25, 0.3) is 0 Å². The molecule has 1 amide bonds. The van der Waals surface area contributed by atoms with Crippen molar-refractivity contribution in [1.29, 1.82) is 0 Å². The molecule has 0 saturated carbocycles. The van der Waals surface area contributed by atoms with Crippen molar-refractivity contribution in [3.05, 3.63) is 60.2 Å². The van der Waals surface area contributed by atoms with Crippen LogP contribution in [0, 0.1) is 0 Å². The molecule has 0 atom stereocenters. The van der Waals surface area contributed by atoms with Crippen LogP contribution in [0.3, 0.4) is 0 Å². The van der Waals surface area contributed by atoms with Gasteiger partial charge in [0.05, 0.1) is 11.4 Å². The van der Waals surface area contributed by atoms with Crippen LogP contribution < -0.4 is 10.2 Å². The molecule has 22 heavy (non-hydrogen) atoms. The van der Waals surface area contributed by atoms with Crippen molar-refractivity contribution in [3.63, 3.8) is 0 Å². The molecule has 3 heteroatoms. The van der Waals surface area contributed by atoms with Crippen LogP contribution >= 0.6 is 0 Å². The summed E-state index contributed by atoms with van der Waals surface area (Å²) >= 11 is 0. The summed E-state index contributed by atoms with van der Waals surface area (Å²) in [5.41, 5.74) is 3.45. The molecule has 3 nitrogen and oxygen atoms in total. The maximum absolute atomic E-state index is 11.9. The first-order chi connectivity index (χ1) is 10.8. The maximum atomic E-state index is 11.9. The van der Waals surface area contributed by atoms with Gasteiger partial charge in [-0.1, -0.05) is 42.5 Å². The number of carbonyl (C=O) groups is 1. The molecule has 114 valence electrons. The standard InChI is InChI=1S/C19H22N2O/c22-19-13-7-15-21(19)18-12-5-4-11-17(18)20-14-6-10-16-8-2-1-3-9-16/h1-5,8-9,11-12,20H,6-7,10,13-15H2. The summed E-state index contributed by atoms with van der Waals surface area (Å²) in [5, 5.41) is 3.49. The Kier molecular flexibility index (Phi) is 4.74. The molecule has 1 fully saturated rings. The average molecular weight is 294 g/mol. The van der Waals surface area contributed by atoms with Gasteiger partial charge in [-0.25, -0.2) is 0 Å². The molecule has 0 radical (unpaired) electrons. The van der Waals surface area contributed by atoms with Gasteiger partial charge in [0.15, 0.2) is 0 Å². The zero-order valence-electron chi connectivity index (χ0n) is 12.8. The van der Waals surface area contributed by atoms with E-state index in [-0.39, 0.29) is 5.91 Å². The molecule has 1 aliphatic heterocycles. The van der Waals surface area contributed by atoms with Crippen molar-refractivity contribution in [2.75, 3.05) is 23.3 Å². The molecule has 2 aromatic rings. The van der Waals surface area contributed by atoms with Crippen LogP contribution in [0.1, 0.15) is 24.8 Å². The maximum Gasteiger partial charge on any atom is 0.227 e. The van der Waals surface area contributed by atoms with E-state index in [1.54, 1.807) is 0 Å². The third-order valence-corrected chi connectivity index (χ3v) is 4.07. The van der Waals surface area contributed by atoms with Gasteiger partial charge in [-0.3, -0.25) is 4.79 Å². The molecule has 1 heterocycles. The van der Waals surface area contributed by atoms with Crippen LogP contribution in [0.15, 0.2) is 54.6 Å². The number of amides is 1. The van der Waals surface area contributed by atoms with Crippen molar-refractivity contribution in [1.82, 2.24) is 0 Å². The van der Waals surface area contributed by atoms with Crippen LogP contribution in [0.25, 0.3) is 0 Å². The van der Waals surface area contributed by atoms with E-state index in [9.17, 15) is 4.79 Å². The van der Waals surface area contributed by atoms with Crippen LogP contribution in [0.2, 0.25) is 0 Å². The molecule has 0 aromatic heterocycles. The summed E-state index contributed by atoms with van der Waals surface area (Å²) in [5.74, 6) is 0.235. The van der Waals surface area contributed by atoms with E-state index in [2.05, 4.69) is 35.6 Å². The van der Waals surface area contributed by atoms with Crippen molar-refractivity contribution in [2.24, 2.45) is 0 Å². The highest BCUT2D eigenvalue weighted by Crippen LogP contribution is 2.29. The summed E-state index contributed by atoms with van der Waals surface area (Å²) in [6.45, 7) is 1.75. The first-order valence-electron chi connectivity index (χ1n) is 8.02. The predicted octanol–water partition coefficient (Wildman–Crippen LogP) is 3.86. The lowest BCUT2D eigenvalue weighted by Crippen LogP contribution is -2.24. The highest BCUT2D eigenvalue weighted by Gasteiger charge is 2.23. The van der Waals surface area contributed by atoms with Crippen molar-refractivity contribution >= 4 is 17.3 Å². The van der Waals surface area contributed by atoms with E-state index < -0.39 is 0 Å². The molecule has 1 N–H and O–H groups in total. The number of nitrogens with zero attached hydrogens (tertiary/aromatic N) is 1. The number of hydrogen-bond acceptors (Lipinski definition) is 2. The number of aryl methyl sites for hydroxylation is 1. The smallest absolute Gasteiger partial charge is 0.227 e. The Morgan fingerprint density at radius 1 is 1.00 bits per heavy atom. The Morgan fingerprint density at radius 2 is 1.77 bits per heavy atom. The molecule has 3 rings (SSSR count). The van der Waals surface area contributed by atoms with E-state index >= 15 is 0 Å². The molecule has 0 bridgehead atoms. The Bertz CT molecular complexity index is 624. The SMILES string of the molecule is O=C1CCCN1c1ccccc1NCCCc1ccccc1. The van der Waals surface area contributed by atoms with Crippen molar-refractivity contribution in [2.45, 2.75) is 25.7 Å². The first kappa shape index (κ1) is 14.6. The van der Waals surface area contributed by atoms with Crippen LogP contribution in [0.5, 0.6) is 0 Å². The average Bonchev–Trinajstić information content (AvgIpc) is 2.99. The van der Waals surface area contributed by atoms with Crippen LogP contribution in [0.4, 0.5) is 11.4 Å². The van der Waals surface area contributed by atoms with E-state index in [0.717, 1.165) is 43.7 Å². The van der Waals surface area contributed by atoms with Gasteiger partial charge in [0, 0.05) is 19.5 Å². The normalized spacial score (nSPS) is 14.4. The Morgan fingerprint density at radius 3 is 2.55 bits per heavy atom. The quantitative estimate of drug-likeness (QED) is 0.821. The minimum absolute atomic E-state index is 0.235. The second-order valence-electron chi connectivity index (χ2n) is 5.68. The highest BCUT2D eigenvalue weighted by molar-refractivity contribution is 5.98. The first-order valence-corrected chi connectivity index (χ1v) is 8.02. The second-order valence-corrected chi connectivity index (χ2v) is 5.68. The highest BCUT2D eigenvalue weighted by atomic mass is 16.2. The molecule has 0 aliphatic carbocycles. The zero-order valence-corrected chi connectivity index (χ0v) is 12.8. The summed E-state index contributed by atoms with van der Waals surface area (Å²) < 4.78 is 0.